The zero-order valence-electron chi connectivity index (χ0n) is 50.6. The Morgan fingerprint density at radius 3 is 1.12 bits per heavy atom. The maximum Gasteiger partial charge on any atom is 0.246 e. The number of hydrogen-bond donors (Lipinski definition) is 2. The second-order valence-electron chi connectivity index (χ2n) is 22.2. The van der Waals surface area contributed by atoms with Gasteiger partial charge in [-0.1, -0.05) is 108 Å². The van der Waals surface area contributed by atoms with Gasteiger partial charge in [0.05, 0.1) is 66.4 Å². The summed E-state index contributed by atoms with van der Waals surface area (Å²) in [5.41, 5.74) is 1.88. The number of para-hydroxylation sites is 2. The first-order chi connectivity index (χ1) is 41.6. The number of pyridine rings is 2. The zero-order chi connectivity index (χ0) is 64.5. The van der Waals surface area contributed by atoms with Crippen LogP contribution in [-0.4, -0.2) is 150 Å². The van der Waals surface area contributed by atoms with Gasteiger partial charge < -0.3 is 38.6 Å². The Kier molecular flexibility index (Phi) is 22.6. The molecule has 4 heterocycles. The van der Waals surface area contributed by atoms with Gasteiger partial charge in [0.15, 0.2) is 11.6 Å². The predicted octanol–water partition coefficient (Wildman–Crippen LogP) is 10.9. The molecule has 0 radical (unpaired) electrons. The minimum absolute atomic E-state index is 0.0453. The third-order valence-electron chi connectivity index (χ3n) is 13.5. The molecule has 88 heavy (non-hydrogen) atoms. The summed E-state index contributed by atoms with van der Waals surface area (Å²) in [6.45, 7) is 12.9. The van der Waals surface area contributed by atoms with Crippen molar-refractivity contribution in [2.75, 3.05) is 75.9 Å². The number of methoxy groups -OCH3 is 6. The first kappa shape index (κ1) is 68.4. The highest BCUT2D eigenvalue weighted by molar-refractivity contribution is 9.10. The number of aromatic nitrogens is 8. The maximum atomic E-state index is 14.3. The number of anilines is 2. The molecule has 0 fully saturated rings. The molecule has 4 aromatic carbocycles. The third-order valence-corrected chi connectivity index (χ3v) is 21.8. The van der Waals surface area contributed by atoms with Gasteiger partial charge in [-0.25, -0.2) is 44.2 Å². The lowest BCUT2D eigenvalue weighted by atomic mass is 10.1. The lowest BCUT2D eigenvalue weighted by Crippen LogP contribution is -2.40. The van der Waals surface area contributed by atoms with E-state index in [4.69, 9.17) is 28.4 Å². The van der Waals surface area contributed by atoms with Crippen LogP contribution < -0.4 is 37.0 Å². The van der Waals surface area contributed by atoms with Crippen LogP contribution in [0, 0.1) is 11.6 Å². The maximum absolute atomic E-state index is 14.3. The molecule has 8 rings (SSSR count). The molecule has 8 aromatic rings. The summed E-state index contributed by atoms with van der Waals surface area (Å²) in [5.74, 6) is -0.0180. The summed E-state index contributed by atoms with van der Waals surface area (Å²) in [4.78, 5) is 9.04. The van der Waals surface area contributed by atoms with E-state index in [1.54, 1.807) is 72.8 Å². The van der Waals surface area contributed by atoms with Crippen molar-refractivity contribution in [1.29, 1.82) is 0 Å². The molecular weight excluding hydrogens is 1350 g/mol. The van der Waals surface area contributed by atoms with Crippen molar-refractivity contribution in [2.45, 2.75) is 63.6 Å². The quantitative estimate of drug-likeness (QED) is 0.0478. The number of benzene rings is 4. The van der Waals surface area contributed by atoms with Gasteiger partial charge in [-0.15, -0.1) is 20.4 Å². The Balaban J connectivity index is 0.000000251. The van der Waals surface area contributed by atoms with Crippen molar-refractivity contribution >= 4 is 80.0 Å². The van der Waals surface area contributed by atoms with Crippen molar-refractivity contribution in [1.82, 2.24) is 39.5 Å². The monoisotopic (exact) mass is 1410 g/mol. The average molecular weight is 1420 g/mol. The third kappa shape index (κ3) is 16.4. The van der Waals surface area contributed by atoms with Crippen LogP contribution in [0.25, 0.3) is 34.4 Å². The van der Waals surface area contributed by atoms with E-state index in [9.17, 15) is 35.8 Å². The molecule has 2 N–H and O–H groups in total. The molecule has 30 heteroatoms. The van der Waals surface area contributed by atoms with Crippen LogP contribution in [0.5, 0.6) is 34.8 Å². The SMILES string of the molecule is COc1cccc(-c2nnc(N(CC[Si](C)(C)C)S(=O)(=O)C[C@@H](O)c3ccc(F)cc3Br)n2-c2c(OC)cccc2OC)n1.COc1cccc(-c2nnc(N(CC[Si](C)(C)C)S(=O)(=O)C[C@H](O)c3ccc(F)cc3Br)n2-c2c(OC)cccc2OC)n1. The molecule has 0 bridgehead atoms. The fraction of sp³-hybridized carbons (Fsp3) is 0.345. The molecule has 2 atom stereocenters. The minimum Gasteiger partial charge on any atom is -0.494 e. The number of ether oxygens (including phenoxy) is 6. The number of halogens is 4. The van der Waals surface area contributed by atoms with Crippen molar-refractivity contribution in [3.63, 3.8) is 0 Å². The highest BCUT2D eigenvalue weighted by Gasteiger charge is 2.38. The van der Waals surface area contributed by atoms with E-state index >= 15 is 0 Å². The van der Waals surface area contributed by atoms with Gasteiger partial charge in [-0.2, -0.15) is 0 Å². The molecular formula is C58H70Br2F2N10O12S2Si2. The number of sulfonamides is 2. The van der Waals surface area contributed by atoms with E-state index in [2.05, 4.69) is 102 Å². The number of aliphatic hydroxyl groups is 2. The van der Waals surface area contributed by atoms with Crippen LogP contribution in [0.2, 0.25) is 51.4 Å². The summed E-state index contributed by atoms with van der Waals surface area (Å²) in [5, 5.41) is 39.8. The van der Waals surface area contributed by atoms with Crippen LogP contribution in [0.4, 0.5) is 20.7 Å². The predicted molar refractivity (Wildman–Crippen MR) is 345 cm³/mol. The number of rotatable bonds is 26. The topological polar surface area (TPSA) is 258 Å². The van der Waals surface area contributed by atoms with E-state index in [1.165, 1.54) is 76.1 Å². The average Bonchev–Trinajstić information content (AvgIpc) is 2.48. The minimum atomic E-state index is -4.28. The first-order valence-corrected chi connectivity index (χ1v) is 39.4. The zero-order valence-corrected chi connectivity index (χ0v) is 57.4. The van der Waals surface area contributed by atoms with Gasteiger partial charge in [-0.05, 0) is 83.9 Å². The van der Waals surface area contributed by atoms with Gasteiger partial charge in [-0.3, -0.25) is 9.13 Å². The van der Waals surface area contributed by atoms with E-state index in [0.29, 0.717) is 69.6 Å². The Bertz CT molecular complexity index is 3680. The molecule has 0 saturated carbocycles. The molecule has 0 aliphatic rings. The van der Waals surface area contributed by atoms with E-state index in [0.717, 1.165) is 20.7 Å². The summed E-state index contributed by atoms with van der Waals surface area (Å²) < 4.78 is 124. The molecule has 0 aliphatic heterocycles. The number of aliphatic hydroxyl groups excluding tert-OH is 2. The molecule has 0 unspecified atom stereocenters. The van der Waals surface area contributed by atoms with Crippen LogP contribution in [-0.2, 0) is 20.0 Å². The molecule has 0 spiro atoms. The summed E-state index contributed by atoms with van der Waals surface area (Å²) in [6, 6.07) is 29.1. The van der Waals surface area contributed by atoms with Crippen LogP contribution >= 0.6 is 31.9 Å². The standard InChI is InChI=1S/2C29H35BrFN5O6SSi/c2*1-40-24-10-8-11-25(41-2)27(24)36-28(22-9-7-12-26(32-22)42-3)33-34-29(36)35(15-16-44(4,5)6)43(38,39)18-23(37)20-14-13-19(31)17-21(20)30/h2*7-14,17,23,37H,15-16,18H2,1-6H3/t2*23-/m10/s1. The fourth-order valence-electron chi connectivity index (χ4n) is 8.93. The van der Waals surface area contributed by atoms with Crippen LogP contribution in [0.15, 0.2) is 118 Å². The highest BCUT2D eigenvalue weighted by atomic mass is 79.9. The van der Waals surface area contributed by atoms with Gasteiger partial charge in [0.2, 0.25) is 43.7 Å². The smallest absolute Gasteiger partial charge is 0.246 e. The van der Waals surface area contributed by atoms with Crippen molar-refractivity contribution in [3.05, 3.63) is 141 Å². The van der Waals surface area contributed by atoms with Crippen LogP contribution in [0.1, 0.15) is 23.3 Å². The number of hydrogen-bond acceptors (Lipinski definition) is 18. The molecule has 0 amide bonds. The lowest BCUT2D eigenvalue weighted by Gasteiger charge is -2.28. The summed E-state index contributed by atoms with van der Waals surface area (Å²) in [7, 11) is -3.25. The van der Waals surface area contributed by atoms with Crippen molar-refractivity contribution in [2.24, 2.45) is 0 Å². The van der Waals surface area contributed by atoms with Gasteiger partial charge in [0.1, 0.15) is 57.4 Å². The first-order valence-electron chi connectivity index (χ1n) is 27.2. The summed E-state index contributed by atoms with van der Waals surface area (Å²) in [6.07, 6.45) is -2.94. The van der Waals surface area contributed by atoms with Gasteiger partial charge >= 0.3 is 0 Å². The fourth-order valence-corrected chi connectivity index (χ4v) is 15.3. The molecule has 0 saturated heterocycles. The largest absolute Gasteiger partial charge is 0.494 e. The Labute approximate surface area is 529 Å². The van der Waals surface area contributed by atoms with E-state index < -0.39 is 71.5 Å². The van der Waals surface area contributed by atoms with E-state index in [1.807, 2.05) is 0 Å². The molecule has 0 aliphatic carbocycles. The molecule has 472 valence electrons. The van der Waals surface area contributed by atoms with Gasteiger partial charge in [0.25, 0.3) is 0 Å². The van der Waals surface area contributed by atoms with Crippen molar-refractivity contribution in [3.8, 4) is 69.2 Å². The van der Waals surface area contributed by atoms with Crippen molar-refractivity contribution < 1.29 is 64.3 Å². The second kappa shape index (κ2) is 29.1. The number of nitrogens with zero attached hydrogens (tertiary/aromatic N) is 10. The molecule has 22 nitrogen and oxygen atoms in total. The van der Waals surface area contributed by atoms with Crippen LogP contribution in [0.3, 0.4) is 0 Å². The highest BCUT2D eigenvalue weighted by Crippen LogP contribution is 2.42. The van der Waals surface area contributed by atoms with Gasteiger partial charge in [0, 0.05) is 50.3 Å². The lowest BCUT2D eigenvalue weighted by molar-refractivity contribution is 0.200. The Morgan fingerprint density at radius 2 is 0.830 bits per heavy atom. The molecule has 4 aromatic heterocycles. The Hall–Kier alpha value is -7.07. The summed E-state index contributed by atoms with van der Waals surface area (Å²) >= 11 is 6.47. The van der Waals surface area contributed by atoms with E-state index in [-0.39, 0.29) is 56.7 Å². The Morgan fingerprint density at radius 1 is 0.500 bits per heavy atom. The normalized spacial score (nSPS) is 12.6. The second-order valence-corrected chi connectivity index (χ2v) is 39.0.